The second-order valence-electron chi connectivity index (χ2n) is 5.82. The molecule has 0 bridgehead atoms. The molecule has 0 aromatic carbocycles. The number of aliphatic hydroxyl groups excluding tert-OH is 1. The van der Waals surface area contributed by atoms with Gasteiger partial charge in [0.05, 0.1) is 19.0 Å². The van der Waals surface area contributed by atoms with E-state index in [9.17, 15) is 14.7 Å². The van der Waals surface area contributed by atoms with Gasteiger partial charge in [0.25, 0.3) is 5.56 Å². The summed E-state index contributed by atoms with van der Waals surface area (Å²) in [5.74, 6) is -0.524. The average Bonchev–Trinajstić information content (AvgIpc) is 3.12. The Hall–Kier alpha value is -2.50. The first kappa shape index (κ1) is 17.3. The molecule has 0 unspecified atom stereocenters. The number of carbonyl (C=O) groups is 1. The lowest BCUT2D eigenvalue weighted by molar-refractivity contribution is -0.119. The van der Waals surface area contributed by atoms with Crippen molar-refractivity contribution in [3.05, 3.63) is 16.7 Å². The van der Waals surface area contributed by atoms with Crippen molar-refractivity contribution < 1.29 is 19.4 Å². The Morgan fingerprint density at radius 1 is 1.60 bits per heavy atom. The number of hydrogen-bond donors (Lipinski definition) is 4. The van der Waals surface area contributed by atoms with Crippen molar-refractivity contribution in [1.29, 1.82) is 0 Å². The molecule has 1 fully saturated rings. The predicted molar refractivity (Wildman–Crippen MR) is 86.5 cm³/mol. The molecule has 1 aliphatic heterocycles. The fourth-order valence-corrected chi connectivity index (χ4v) is 3.11. The molecule has 1 amide bonds. The van der Waals surface area contributed by atoms with Gasteiger partial charge >= 0.3 is 0 Å². The average molecular weight is 352 g/mol. The Kier molecular flexibility index (Phi) is 4.70. The van der Waals surface area contributed by atoms with E-state index >= 15 is 0 Å². The van der Waals surface area contributed by atoms with Gasteiger partial charge in [0.1, 0.15) is 6.10 Å². The molecule has 11 nitrogen and oxygen atoms in total. The number of nitrogens with two attached hydrogens (primary N) is 1. The number of methoxy groups -OCH3 is 1. The number of aliphatic hydroxyl groups is 1. The number of anilines is 1. The Morgan fingerprint density at radius 2 is 2.36 bits per heavy atom. The van der Waals surface area contributed by atoms with Crippen LogP contribution in [0.2, 0.25) is 0 Å². The summed E-state index contributed by atoms with van der Waals surface area (Å²) in [4.78, 5) is 33.7. The van der Waals surface area contributed by atoms with Crippen LogP contribution in [0.15, 0.2) is 11.1 Å². The van der Waals surface area contributed by atoms with Crippen molar-refractivity contribution in [1.82, 2.24) is 24.8 Å². The van der Waals surface area contributed by atoms with Crippen molar-refractivity contribution in [2.24, 2.45) is 5.92 Å². The number of rotatable bonds is 5. The molecule has 3 rings (SSSR count). The molecule has 1 aliphatic rings. The summed E-state index contributed by atoms with van der Waals surface area (Å²) < 4.78 is 13.0. The number of amides is 1. The monoisotopic (exact) mass is 352 g/mol. The number of nitrogen functional groups attached to an aromatic ring is 1. The largest absolute Gasteiger partial charge is 0.394 e. The van der Waals surface area contributed by atoms with E-state index in [2.05, 4.69) is 20.3 Å². The summed E-state index contributed by atoms with van der Waals surface area (Å²) in [5, 5.41) is 12.3. The first-order valence-corrected chi connectivity index (χ1v) is 7.72. The lowest BCUT2D eigenvalue weighted by atomic mass is 9.98. The number of H-pyrrole nitrogens is 1. The van der Waals surface area contributed by atoms with Gasteiger partial charge in [0.15, 0.2) is 17.4 Å². The van der Waals surface area contributed by atoms with Gasteiger partial charge in [-0.3, -0.25) is 19.1 Å². The molecule has 0 spiro atoms. The highest BCUT2D eigenvalue weighted by Gasteiger charge is 2.46. The van der Waals surface area contributed by atoms with E-state index in [-0.39, 0.29) is 42.1 Å². The minimum absolute atomic E-state index is 0.0419. The van der Waals surface area contributed by atoms with Crippen LogP contribution in [0.25, 0.3) is 11.2 Å². The van der Waals surface area contributed by atoms with E-state index in [1.165, 1.54) is 20.4 Å². The summed E-state index contributed by atoms with van der Waals surface area (Å²) in [6, 6.07) is 0. The summed E-state index contributed by atoms with van der Waals surface area (Å²) >= 11 is 0. The summed E-state index contributed by atoms with van der Waals surface area (Å²) in [6.07, 6.45) is -0.319. The number of nitrogens with one attached hydrogen (secondary N) is 2. The van der Waals surface area contributed by atoms with Crippen LogP contribution in [0, 0.1) is 5.92 Å². The molecule has 0 saturated carbocycles. The van der Waals surface area contributed by atoms with E-state index in [4.69, 9.17) is 15.2 Å². The second-order valence-corrected chi connectivity index (χ2v) is 5.82. The summed E-state index contributed by atoms with van der Waals surface area (Å²) in [6.45, 7) is 1.44. The summed E-state index contributed by atoms with van der Waals surface area (Å²) in [7, 11) is 1.51. The smallest absolute Gasteiger partial charge is 0.280 e. The standard InChI is InChI=1S/C14H20N6O5/c1-6(22)16-3-7-8(4-21)25-13(10(7)24-2)20-5-17-9-11(20)18-14(15)19-12(9)23/h5,7-8,10,13,21H,3-4H2,1-2H3,(H,16,22)(H3,15,18,19,23)/t7-,8-,10-,13-/m1/s1. The zero-order valence-electron chi connectivity index (χ0n) is 13.8. The van der Waals surface area contributed by atoms with Gasteiger partial charge in [0.2, 0.25) is 11.9 Å². The number of imidazole rings is 1. The molecule has 0 aliphatic carbocycles. The maximum atomic E-state index is 11.9. The maximum absolute atomic E-state index is 11.9. The third-order valence-corrected chi connectivity index (χ3v) is 4.26. The minimum Gasteiger partial charge on any atom is -0.394 e. The van der Waals surface area contributed by atoms with Crippen LogP contribution in [0.5, 0.6) is 0 Å². The third kappa shape index (κ3) is 3.08. The van der Waals surface area contributed by atoms with Crippen LogP contribution in [0.1, 0.15) is 13.2 Å². The van der Waals surface area contributed by atoms with E-state index in [0.29, 0.717) is 0 Å². The number of hydrogen-bond acceptors (Lipinski definition) is 8. The molecule has 0 radical (unpaired) electrons. The van der Waals surface area contributed by atoms with E-state index in [1.807, 2.05) is 0 Å². The number of fused-ring (bicyclic) bond motifs is 1. The van der Waals surface area contributed by atoms with Crippen LogP contribution in [0.4, 0.5) is 5.95 Å². The van der Waals surface area contributed by atoms with Crippen LogP contribution in [-0.4, -0.2) is 63.0 Å². The predicted octanol–water partition coefficient (Wildman–Crippen LogP) is -1.64. The van der Waals surface area contributed by atoms with E-state index < -0.39 is 24.0 Å². The molecule has 25 heavy (non-hydrogen) atoms. The first-order chi connectivity index (χ1) is 12.0. The van der Waals surface area contributed by atoms with Gasteiger partial charge in [-0.05, 0) is 0 Å². The Morgan fingerprint density at radius 3 is 3.00 bits per heavy atom. The highest BCUT2D eigenvalue weighted by molar-refractivity contribution is 5.72. The van der Waals surface area contributed by atoms with Gasteiger partial charge in [-0.25, -0.2) is 4.98 Å². The molecule has 11 heteroatoms. The summed E-state index contributed by atoms with van der Waals surface area (Å²) in [5.41, 5.74) is 5.53. The van der Waals surface area contributed by atoms with Gasteiger partial charge in [-0.15, -0.1) is 0 Å². The van der Waals surface area contributed by atoms with Gasteiger partial charge in [-0.2, -0.15) is 4.98 Å². The zero-order chi connectivity index (χ0) is 18.1. The molecule has 2 aromatic heterocycles. The Bertz CT molecular complexity index is 833. The van der Waals surface area contributed by atoms with Gasteiger partial charge in [-0.1, -0.05) is 0 Å². The molecular formula is C14H20N6O5. The van der Waals surface area contributed by atoms with Crippen molar-refractivity contribution >= 4 is 23.0 Å². The second kappa shape index (κ2) is 6.78. The Balaban J connectivity index is 1.99. The lowest BCUT2D eigenvalue weighted by Crippen LogP contribution is -2.39. The van der Waals surface area contributed by atoms with E-state index in [1.54, 1.807) is 4.57 Å². The molecule has 2 aromatic rings. The number of ether oxygens (including phenoxy) is 2. The molecule has 1 saturated heterocycles. The molecule has 5 N–H and O–H groups in total. The van der Waals surface area contributed by atoms with Crippen molar-refractivity contribution in [2.75, 3.05) is 26.0 Å². The molecular weight excluding hydrogens is 332 g/mol. The Labute approximate surface area is 142 Å². The van der Waals surface area contributed by atoms with Gasteiger partial charge in [0, 0.05) is 26.5 Å². The van der Waals surface area contributed by atoms with Crippen LogP contribution >= 0.6 is 0 Å². The number of carbonyl (C=O) groups excluding carboxylic acids is 1. The van der Waals surface area contributed by atoms with Crippen LogP contribution in [0.3, 0.4) is 0 Å². The SMILES string of the molecule is CO[C@@H]1[C@H](CNC(C)=O)[C@@H](CO)O[C@H]1n1cnc2c(=O)[nH]c(N)nc21. The lowest BCUT2D eigenvalue weighted by Gasteiger charge is -2.23. The molecule has 4 atom stereocenters. The van der Waals surface area contributed by atoms with Crippen LogP contribution < -0.4 is 16.6 Å². The van der Waals surface area contributed by atoms with Crippen molar-refractivity contribution in [3.63, 3.8) is 0 Å². The maximum Gasteiger partial charge on any atom is 0.280 e. The van der Waals surface area contributed by atoms with E-state index in [0.717, 1.165) is 0 Å². The fraction of sp³-hybridized carbons (Fsp3) is 0.571. The number of aromatic nitrogens is 4. The number of nitrogens with zero attached hydrogens (tertiary/aromatic N) is 3. The number of aromatic amines is 1. The van der Waals surface area contributed by atoms with Crippen molar-refractivity contribution in [2.45, 2.75) is 25.4 Å². The fourth-order valence-electron chi connectivity index (χ4n) is 3.11. The highest BCUT2D eigenvalue weighted by Crippen LogP contribution is 2.36. The minimum atomic E-state index is -0.681. The zero-order valence-corrected chi connectivity index (χ0v) is 13.8. The third-order valence-electron chi connectivity index (χ3n) is 4.26. The topological polar surface area (TPSA) is 157 Å². The van der Waals surface area contributed by atoms with Crippen LogP contribution in [-0.2, 0) is 14.3 Å². The molecule has 136 valence electrons. The highest BCUT2D eigenvalue weighted by atomic mass is 16.6. The molecule has 3 heterocycles. The van der Waals surface area contributed by atoms with Gasteiger partial charge < -0.3 is 25.6 Å². The normalized spacial score (nSPS) is 26.2. The van der Waals surface area contributed by atoms with Crippen molar-refractivity contribution in [3.8, 4) is 0 Å². The quantitative estimate of drug-likeness (QED) is 0.499. The first-order valence-electron chi connectivity index (χ1n) is 7.72.